The first-order valence-electron chi connectivity index (χ1n) is 5.44. The Kier molecular flexibility index (Phi) is 6.91. The molecule has 0 saturated carbocycles. The van der Waals surface area contributed by atoms with Crippen LogP contribution in [0.2, 0.25) is 5.02 Å². The fourth-order valence-corrected chi connectivity index (χ4v) is 1.96. The van der Waals surface area contributed by atoms with Crippen LogP contribution < -0.4 is 0 Å². The standard InChI is InChI=1S/C12H15ClINO3/c1-18-7-5-15(4-6-16)12(17)9-2-3-11(14)10(13)8-9/h2-3,8,16H,4-7H2,1H3. The lowest BCUT2D eigenvalue weighted by molar-refractivity contribution is 0.0656. The number of ether oxygens (including phenoxy) is 1. The molecular weight excluding hydrogens is 368 g/mol. The summed E-state index contributed by atoms with van der Waals surface area (Å²) in [5.74, 6) is -0.153. The van der Waals surface area contributed by atoms with Crippen molar-refractivity contribution in [3.63, 3.8) is 0 Å². The van der Waals surface area contributed by atoms with E-state index >= 15 is 0 Å². The molecule has 0 fully saturated rings. The van der Waals surface area contributed by atoms with Gasteiger partial charge in [-0.15, -0.1) is 0 Å². The summed E-state index contributed by atoms with van der Waals surface area (Å²) in [7, 11) is 1.57. The number of benzene rings is 1. The minimum absolute atomic E-state index is 0.0758. The van der Waals surface area contributed by atoms with Gasteiger partial charge in [-0.1, -0.05) is 11.6 Å². The summed E-state index contributed by atoms with van der Waals surface area (Å²) in [5.41, 5.74) is 0.518. The predicted molar refractivity (Wildman–Crippen MR) is 79.0 cm³/mol. The topological polar surface area (TPSA) is 49.8 Å². The molecule has 18 heavy (non-hydrogen) atoms. The van der Waals surface area contributed by atoms with E-state index in [2.05, 4.69) is 22.6 Å². The molecule has 0 radical (unpaired) electrons. The number of hydrogen-bond acceptors (Lipinski definition) is 3. The van der Waals surface area contributed by atoms with Gasteiger partial charge in [0.1, 0.15) is 0 Å². The molecule has 0 spiro atoms. The lowest BCUT2D eigenvalue weighted by atomic mass is 10.2. The molecule has 1 aromatic carbocycles. The van der Waals surface area contributed by atoms with Crippen molar-refractivity contribution in [3.05, 3.63) is 32.4 Å². The Balaban J connectivity index is 2.83. The summed E-state index contributed by atoms with van der Waals surface area (Å²) < 4.78 is 5.84. The van der Waals surface area contributed by atoms with Crippen molar-refractivity contribution >= 4 is 40.1 Å². The molecule has 1 aromatic rings. The molecule has 0 unspecified atom stereocenters. The Morgan fingerprint density at radius 3 is 2.78 bits per heavy atom. The predicted octanol–water partition coefficient (Wildman–Crippen LogP) is 2.03. The van der Waals surface area contributed by atoms with E-state index in [-0.39, 0.29) is 19.1 Å². The van der Waals surface area contributed by atoms with Gasteiger partial charge in [0, 0.05) is 29.3 Å². The average Bonchev–Trinajstić information content (AvgIpc) is 2.37. The number of hydrogen-bond donors (Lipinski definition) is 1. The van der Waals surface area contributed by atoms with Gasteiger partial charge in [-0.3, -0.25) is 4.79 Å². The van der Waals surface area contributed by atoms with E-state index in [1.165, 1.54) is 0 Å². The van der Waals surface area contributed by atoms with Crippen LogP contribution in [0.3, 0.4) is 0 Å². The molecule has 0 bridgehead atoms. The van der Waals surface area contributed by atoms with Crippen LogP contribution in [0.25, 0.3) is 0 Å². The number of halogens is 2. The second-order valence-electron chi connectivity index (χ2n) is 3.64. The van der Waals surface area contributed by atoms with E-state index in [0.29, 0.717) is 23.7 Å². The van der Waals surface area contributed by atoms with Crippen molar-refractivity contribution in [2.45, 2.75) is 0 Å². The number of nitrogens with zero attached hydrogens (tertiary/aromatic N) is 1. The Bertz CT molecular complexity index is 414. The van der Waals surface area contributed by atoms with Crippen molar-refractivity contribution in [3.8, 4) is 0 Å². The quantitative estimate of drug-likeness (QED) is 0.765. The van der Waals surface area contributed by atoms with Crippen LogP contribution >= 0.6 is 34.2 Å². The van der Waals surface area contributed by atoms with Crippen LogP contribution in [-0.2, 0) is 4.74 Å². The molecule has 6 heteroatoms. The zero-order valence-electron chi connectivity index (χ0n) is 10.0. The highest BCUT2D eigenvalue weighted by molar-refractivity contribution is 14.1. The molecule has 0 saturated heterocycles. The number of carbonyl (C=O) groups is 1. The lowest BCUT2D eigenvalue weighted by Crippen LogP contribution is -2.36. The van der Waals surface area contributed by atoms with Crippen molar-refractivity contribution in [1.82, 2.24) is 4.90 Å². The Morgan fingerprint density at radius 1 is 1.50 bits per heavy atom. The van der Waals surface area contributed by atoms with Crippen LogP contribution in [0.1, 0.15) is 10.4 Å². The monoisotopic (exact) mass is 383 g/mol. The number of methoxy groups -OCH3 is 1. The van der Waals surface area contributed by atoms with E-state index in [4.69, 9.17) is 21.4 Å². The van der Waals surface area contributed by atoms with Gasteiger partial charge >= 0.3 is 0 Å². The maximum absolute atomic E-state index is 12.2. The molecule has 1 rings (SSSR count). The number of aliphatic hydroxyl groups is 1. The van der Waals surface area contributed by atoms with Gasteiger partial charge < -0.3 is 14.7 Å². The number of carbonyl (C=O) groups excluding carboxylic acids is 1. The molecule has 1 N–H and O–H groups in total. The van der Waals surface area contributed by atoms with E-state index in [1.54, 1.807) is 30.2 Å². The Hall–Kier alpha value is -0.370. The average molecular weight is 384 g/mol. The van der Waals surface area contributed by atoms with E-state index < -0.39 is 0 Å². The van der Waals surface area contributed by atoms with Crippen LogP contribution in [0.4, 0.5) is 0 Å². The minimum atomic E-state index is -0.153. The van der Waals surface area contributed by atoms with Crippen LogP contribution in [-0.4, -0.2) is 49.3 Å². The second-order valence-corrected chi connectivity index (χ2v) is 5.21. The van der Waals surface area contributed by atoms with Gasteiger partial charge in [0.2, 0.25) is 0 Å². The molecule has 0 aliphatic rings. The molecule has 0 aromatic heterocycles. The first kappa shape index (κ1) is 15.7. The number of rotatable bonds is 6. The fraction of sp³-hybridized carbons (Fsp3) is 0.417. The molecular formula is C12H15ClINO3. The first-order valence-corrected chi connectivity index (χ1v) is 6.90. The van der Waals surface area contributed by atoms with Gasteiger partial charge in [-0.2, -0.15) is 0 Å². The first-order chi connectivity index (χ1) is 8.60. The molecule has 0 aliphatic carbocycles. The van der Waals surface area contributed by atoms with Crippen LogP contribution in [0.15, 0.2) is 18.2 Å². The van der Waals surface area contributed by atoms with Crippen molar-refractivity contribution in [1.29, 1.82) is 0 Å². The molecule has 4 nitrogen and oxygen atoms in total. The molecule has 1 amide bonds. The zero-order valence-corrected chi connectivity index (χ0v) is 12.9. The summed E-state index contributed by atoms with van der Waals surface area (Å²) in [5, 5.41) is 9.52. The number of amides is 1. The minimum Gasteiger partial charge on any atom is -0.395 e. The smallest absolute Gasteiger partial charge is 0.254 e. The van der Waals surface area contributed by atoms with Gasteiger partial charge in [0.15, 0.2) is 0 Å². The van der Waals surface area contributed by atoms with Gasteiger partial charge in [-0.05, 0) is 40.8 Å². The summed E-state index contributed by atoms with van der Waals surface area (Å²) in [4.78, 5) is 13.7. The van der Waals surface area contributed by atoms with E-state index in [1.807, 2.05) is 0 Å². The summed E-state index contributed by atoms with van der Waals surface area (Å²) in [6, 6.07) is 5.17. The van der Waals surface area contributed by atoms with Crippen molar-refractivity contribution in [2.24, 2.45) is 0 Å². The third kappa shape index (κ3) is 4.38. The van der Waals surface area contributed by atoms with Gasteiger partial charge in [0.25, 0.3) is 5.91 Å². The summed E-state index contributed by atoms with van der Waals surface area (Å²) in [6.45, 7) is 1.09. The highest BCUT2D eigenvalue weighted by Crippen LogP contribution is 2.20. The second kappa shape index (κ2) is 7.93. The SMILES string of the molecule is COCCN(CCO)C(=O)c1ccc(I)c(Cl)c1. The van der Waals surface area contributed by atoms with Crippen LogP contribution in [0.5, 0.6) is 0 Å². The van der Waals surface area contributed by atoms with Crippen molar-refractivity contribution in [2.75, 3.05) is 33.4 Å². The largest absolute Gasteiger partial charge is 0.395 e. The summed E-state index contributed by atoms with van der Waals surface area (Å²) >= 11 is 8.10. The number of aliphatic hydroxyl groups excluding tert-OH is 1. The Morgan fingerprint density at radius 2 is 2.22 bits per heavy atom. The molecule has 100 valence electrons. The highest BCUT2D eigenvalue weighted by Gasteiger charge is 2.15. The highest BCUT2D eigenvalue weighted by atomic mass is 127. The third-order valence-corrected chi connectivity index (χ3v) is 3.96. The lowest BCUT2D eigenvalue weighted by Gasteiger charge is -2.21. The van der Waals surface area contributed by atoms with Crippen LogP contribution in [0, 0.1) is 3.57 Å². The summed E-state index contributed by atoms with van der Waals surface area (Å²) in [6.07, 6.45) is 0. The molecule has 0 atom stereocenters. The third-order valence-electron chi connectivity index (χ3n) is 2.39. The van der Waals surface area contributed by atoms with Gasteiger partial charge in [-0.25, -0.2) is 0 Å². The molecule has 0 heterocycles. The van der Waals surface area contributed by atoms with E-state index in [0.717, 1.165) is 3.57 Å². The normalized spacial score (nSPS) is 10.4. The molecule has 0 aliphatic heterocycles. The maximum atomic E-state index is 12.2. The van der Waals surface area contributed by atoms with E-state index in [9.17, 15) is 4.79 Å². The fourth-order valence-electron chi connectivity index (χ4n) is 1.45. The maximum Gasteiger partial charge on any atom is 0.254 e. The van der Waals surface area contributed by atoms with Gasteiger partial charge in [0.05, 0.1) is 18.2 Å². The zero-order chi connectivity index (χ0) is 13.5. The Labute approximate surface area is 125 Å². The van der Waals surface area contributed by atoms with Crippen molar-refractivity contribution < 1.29 is 14.6 Å².